The first-order chi connectivity index (χ1) is 5.38. The summed E-state index contributed by atoms with van der Waals surface area (Å²) in [5, 5.41) is 1.68. The highest BCUT2D eigenvalue weighted by molar-refractivity contribution is 6.35. The molecule has 11 heavy (non-hydrogen) atoms. The SMILES string of the molecule is Clc1cc[c]c2ncccc12. The number of rotatable bonds is 0. The van der Waals surface area contributed by atoms with Crippen molar-refractivity contribution in [3.8, 4) is 0 Å². The molecule has 0 amide bonds. The van der Waals surface area contributed by atoms with Gasteiger partial charge in [0.25, 0.3) is 0 Å². The third-order valence-electron chi connectivity index (χ3n) is 1.51. The van der Waals surface area contributed by atoms with Crippen molar-refractivity contribution in [2.75, 3.05) is 0 Å². The summed E-state index contributed by atoms with van der Waals surface area (Å²) < 4.78 is 0. The molecule has 1 radical (unpaired) electrons. The molecule has 2 rings (SSSR count). The minimum Gasteiger partial charge on any atom is -0.256 e. The van der Waals surface area contributed by atoms with Gasteiger partial charge in [0.05, 0.1) is 10.5 Å². The standard InChI is InChI=1S/C9H5ClN/c10-8-4-1-5-9-7(8)3-2-6-11-9/h1-4,6H. The van der Waals surface area contributed by atoms with Crippen molar-refractivity contribution in [2.45, 2.75) is 0 Å². The summed E-state index contributed by atoms with van der Waals surface area (Å²) in [4.78, 5) is 4.10. The summed E-state index contributed by atoms with van der Waals surface area (Å²) in [5.41, 5.74) is 0.819. The minimum atomic E-state index is 0.729. The fourth-order valence-corrected chi connectivity index (χ4v) is 1.21. The summed E-state index contributed by atoms with van der Waals surface area (Å²) in [5.74, 6) is 0. The van der Waals surface area contributed by atoms with E-state index < -0.39 is 0 Å². The number of aromatic nitrogens is 1. The van der Waals surface area contributed by atoms with Crippen molar-refractivity contribution in [1.29, 1.82) is 0 Å². The van der Waals surface area contributed by atoms with Gasteiger partial charge in [0, 0.05) is 17.6 Å². The van der Waals surface area contributed by atoms with E-state index in [1.54, 1.807) is 12.3 Å². The molecule has 0 saturated heterocycles. The number of fused-ring (bicyclic) bond motifs is 1. The third kappa shape index (κ3) is 1.08. The van der Waals surface area contributed by atoms with Crippen LogP contribution in [0.4, 0.5) is 0 Å². The quantitative estimate of drug-likeness (QED) is 0.581. The average molecular weight is 163 g/mol. The van der Waals surface area contributed by atoms with Crippen LogP contribution in [0.25, 0.3) is 10.9 Å². The molecule has 0 aliphatic carbocycles. The molecule has 0 saturated carbocycles. The van der Waals surface area contributed by atoms with Crippen molar-refractivity contribution in [2.24, 2.45) is 0 Å². The van der Waals surface area contributed by atoms with Crippen molar-refractivity contribution in [3.63, 3.8) is 0 Å². The Morgan fingerprint density at radius 3 is 3.09 bits per heavy atom. The van der Waals surface area contributed by atoms with E-state index >= 15 is 0 Å². The molecule has 1 aromatic heterocycles. The second kappa shape index (κ2) is 2.51. The predicted octanol–water partition coefficient (Wildman–Crippen LogP) is 2.69. The van der Waals surface area contributed by atoms with E-state index in [0.717, 1.165) is 15.9 Å². The number of hydrogen-bond donors (Lipinski definition) is 0. The Kier molecular flexibility index (Phi) is 1.51. The van der Waals surface area contributed by atoms with Crippen molar-refractivity contribution in [3.05, 3.63) is 41.6 Å². The first-order valence-corrected chi connectivity index (χ1v) is 3.66. The summed E-state index contributed by atoms with van der Waals surface area (Å²) in [7, 11) is 0. The first-order valence-electron chi connectivity index (χ1n) is 3.29. The van der Waals surface area contributed by atoms with Gasteiger partial charge in [-0.25, -0.2) is 0 Å². The molecule has 0 aliphatic rings. The molecule has 1 heterocycles. The number of pyridine rings is 1. The fraction of sp³-hybridized carbons (Fsp3) is 0. The van der Waals surface area contributed by atoms with Crippen molar-refractivity contribution in [1.82, 2.24) is 4.98 Å². The van der Waals surface area contributed by atoms with E-state index in [0.29, 0.717) is 0 Å². The van der Waals surface area contributed by atoms with Gasteiger partial charge in [0.15, 0.2) is 0 Å². The van der Waals surface area contributed by atoms with Crippen LogP contribution >= 0.6 is 11.6 Å². The summed E-state index contributed by atoms with van der Waals surface area (Å²) in [6.07, 6.45) is 1.73. The lowest BCUT2D eigenvalue weighted by atomic mass is 10.2. The maximum Gasteiger partial charge on any atom is 0.0796 e. The highest BCUT2D eigenvalue weighted by Gasteiger charge is 1.95. The number of halogens is 1. The Balaban J connectivity index is 2.91. The Hall–Kier alpha value is -1.08. The topological polar surface area (TPSA) is 12.9 Å². The van der Waals surface area contributed by atoms with Gasteiger partial charge in [-0.05, 0) is 18.2 Å². The van der Waals surface area contributed by atoms with Crippen LogP contribution in [0.1, 0.15) is 0 Å². The summed E-state index contributed by atoms with van der Waals surface area (Å²) in [6, 6.07) is 10.4. The maximum atomic E-state index is 5.90. The summed E-state index contributed by atoms with van der Waals surface area (Å²) in [6.45, 7) is 0. The average Bonchev–Trinajstić information content (AvgIpc) is 2.06. The van der Waals surface area contributed by atoms with E-state index in [9.17, 15) is 0 Å². The Morgan fingerprint density at radius 2 is 2.27 bits per heavy atom. The van der Waals surface area contributed by atoms with Crippen LogP contribution in [0.15, 0.2) is 30.5 Å². The third-order valence-corrected chi connectivity index (χ3v) is 1.84. The molecule has 1 nitrogen and oxygen atoms in total. The molecule has 0 fully saturated rings. The highest BCUT2D eigenvalue weighted by Crippen LogP contribution is 2.19. The van der Waals surface area contributed by atoms with Crippen LogP contribution in [0, 0.1) is 6.07 Å². The lowest BCUT2D eigenvalue weighted by Gasteiger charge is -1.95. The monoisotopic (exact) mass is 162 g/mol. The fourth-order valence-electron chi connectivity index (χ4n) is 0.997. The molecular weight excluding hydrogens is 158 g/mol. The Labute approximate surface area is 69.6 Å². The molecule has 2 heteroatoms. The van der Waals surface area contributed by atoms with Crippen molar-refractivity contribution < 1.29 is 0 Å². The van der Waals surface area contributed by atoms with Gasteiger partial charge in [0.1, 0.15) is 0 Å². The zero-order chi connectivity index (χ0) is 7.68. The second-order valence-electron chi connectivity index (χ2n) is 2.23. The van der Waals surface area contributed by atoms with Crippen LogP contribution < -0.4 is 0 Å². The smallest absolute Gasteiger partial charge is 0.0796 e. The zero-order valence-corrected chi connectivity index (χ0v) is 6.47. The molecule has 0 unspecified atom stereocenters. The second-order valence-corrected chi connectivity index (χ2v) is 2.63. The van der Waals surface area contributed by atoms with E-state index in [1.165, 1.54) is 0 Å². The highest BCUT2D eigenvalue weighted by atomic mass is 35.5. The van der Waals surface area contributed by atoms with E-state index in [-0.39, 0.29) is 0 Å². The number of nitrogens with zero attached hydrogens (tertiary/aromatic N) is 1. The van der Waals surface area contributed by atoms with Crippen LogP contribution in [0.2, 0.25) is 5.02 Å². The Morgan fingerprint density at radius 1 is 1.36 bits per heavy atom. The van der Waals surface area contributed by atoms with Gasteiger partial charge in [0.2, 0.25) is 0 Å². The molecule has 0 atom stereocenters. The van der Waals surface area contributed by atoms with Gasteiger partial charge in [-0.2, -0.15) is 0 Å². The number of hydrogen-bond acceptors (Lipinski definition) is 1. The molecule has 0 spiro atoms. The molecule has 0 N–H and O–H groups in total. The molecular formula is C9H5ClN. The van der Waals surface area contributed by atoms with Gasteiger partial charge >= 0.3 is 0 Å². The minimum absolute atomic E-state index is 0.729. The van der Waals surface area contributed by atoms with Crippen LogP contribution in [0.3, 0.4) is 0 Å². The van der Waals surface area contributed by atoms with Gasteiger partial charge in [-0.3, -0.25) is 4.98 Å². The van der Waals surface area contributed by atoms with Gasteiger partial charge in [-0.15, -0.1) is 0 Å². The number of benzene rings is 1. The van der Waals surface area contributed by atoms with Gasteiger partial charge in [-0.1, -0.05) is 17.7 Å². The Bertz CT molecular complexity index is 379. The van der Waals surface area contributed by atoms with Crippen LogP contribution in [0.5, 0.6) is 0 Å². The van der Waals surface area contributed by atoms with Crippen LogP contribution in [-0.4, -0.2) is 4.98 Å². The van der Waals surface area contributed by atoms with E-state index in [2.05, 4.69) is 11.1 Å². The normalized spacial score (nSPS) is 10.3. The van der Waals surface area contributed by atoms with E-state index in [4.69, 9.17) is 11.6 Å². The predicted molar refractivity (Wildman–Crippen MR) is 45.6 cm³/mol. The first kappa shape index (κ1) is 6.62. The molecule has 0 aliphatic heterocycles. The zero-order valence-electron chi connectivity index (χ0n) is 5.71. The molecule has 1 aromatic carbocycles. The van der Waals surface area contributed by atoms with Crippen LogP contribution in [-0.2, 0) is 0 Å². The van der Waals surface area contributed by atoms with Crippen molar-refractivity contribution >= 4 is 22.5 Å². The van der Waals surface area contributed by atoms with E-state index in [1.807, 2.05) is 18.2 Å². The molecule has 2 aromatic rings. The lowest BCUT2D eigenvalue weighted by molar-refractivity contribution is 1.41. The largest absolute Gasteiger partial charge is 0.256 e. The molecule has 53 valence electrons. The maximum absolute atomic E-state index is 5.90. The molecule has 0 bridgehead atoms. The lowest BCUT2D eigenvalue weighted by Crippen LogP contribution is -1.76. The van der Waals surface area contributed by atoms with Gasteiger partial charge < -0.3 is 0 Å². The summed E-state index contributed by atoms with van der Waals surface area (Å²) >= 11 is 5.90.